The summed E-state index contributed by atoms with van der Waals surface area (Å²) in [6, 6.07) is 4.56. The Morgan fingerprint density at radius 3 is 2.80 bits per heavy atom. The van der Waals surface area contributed by atoms with Gasteiger partial charge >= 0.3 is 5.97 Å². The zero-order valence-corrected chi connectivity index (χ0v) is 15.0. The Kier molecular flexibility index (Phi) is 4.55. The number of hydrogen-bond donors (Lipinski definition) is 1. The van der Waals surface area contributed by atoms with Crippen molar-refractivity contribution in [3.05, 3.63) is 41.9 Å². The van der Waals surface area contributed by atoms with Crippen molar-refractivity contribution in [1.82, 2.24) is 9.55 Å². The van der Waals surface area contributed by atoms with Gasteiger partial charge in [0.05, 0.1) is 17.6 Å². The Morgan fingerprint density at radius 1 is 1.36 bits per heavy atom. The monoisotopic (exact) mass is 363 g/mol. The molecule has 7 nitrogen and oxygen atoms in total. The predicted molar refractivity (Wildman–Crippen MR) is 93.3 cm³/mol. The quantitative estimate of drug-likeness (QED) is 0.880. The number of hydrogen-bond acceptors (Lipinski definition) is 4. The van der Waals surface area contributed by atoms with Crippen molar-refractivity contribution in [2.75, 3.05) is 10.8 Å². The average Bonchev–Trinajstić information content (AvgIpc) is 3.02. The first-order chi connectivity index (χ1) is 11.8. The Bertz CT molecular complexity index is 902. The van der Waals surface area contributed by atoms with E-state index in [1.807, 2.05) is 0 Å². The van der Waals surface area contributed by atoms with Gasteiger partial charge in [-0.2, -0.15) is 8.42 Å². The van der Waals surface area contributed by atoms with Crippen LogP contribution < -0.4 is 4.31 Å². The van der Waals surface area contributed by atoms with Crippen LogP contribution in [0, 0.1) is 5.92 Å². The van der Waals surface area contributed by atoms with Crippen molar-refractivity contribution in [2.24, 2.45) is 5.92 Å². The zero-order chi connectivity index (χ0) is 18.2. The maximum Gasteiger partial charge on any atom is 0.335 e. The van der Waals surface area contributed by atoms with Crippen LogP contribution in [0.5, 0.6) is 0 Å². The summed E-state index contributed by atoms with van der Waals surface area (Å²) in [5.41, 5.74) is 1.44. The van der Waals surface area contributed by atoms with Gasteiger partial charge in [-0.3, -0.25) is 4.31 Å². The van der Waals surface area contributed by atoms with Gasteiger partial charge in [0.1, 0.15) is 0 Å². The van der Waals surface area contributed by atoms with Gasteiger partial charge in [-0.15, -0.1) is 0 Å². The van der Waals surface area contributed by atoms with E-state index in [2.05, 4.69) is 18.8 Å². The zero-order valence-electron chi connectivity index (χ0n) is 14.2. The highest BCUT2D eigenvalue weighted by Crippen LogP contribution is 2.32. The number of aromatic nitrogens is 2. The molecule has 0 unspecified atom stereocenters. The number of rotatable bonds is 5. The summed E-state index contributed by atoms with van der Waals surface area (Å²) >= 11 is 0. The fraction of sp³-hybridized carbons (Fsp3) is 0.412. The summed E-state index contributed by atoms with van der Waals surface area (Å²) in [6.45, 7) is 5.16. The van der Waals surface area contributed by atoms with E-state index in [0.29, 0.717) is 37.5 Å². The van der Waals surface area contributed by atoms with E-state index in [1.54, 1.807) is 22.9 Å². The second-order valence-electron chi connectivity index (χ2n) is 6.63. The van der Waals surface area contributed by atoms with Gasteiger partial charge in [-0.25, -0.2) is 9.78 Å². The SMILES string of the molecule is CC(C)Cn1cnc(S(=O)(=O)N2CCCc3cc(C(=O)O)ccc32)c1. The second kappa shape index (κ2) is 6.51. The van der Waals surface area contributed by atoms with E-state index >= 15 is 0 Å². The van der Waals surface area contributed by atoms with E-state index in [-0.39, 0.29) is 10.6 Å². The molecule has 0 spiro atoms. The third-order valence-corrected chi connectivity index (χ3v) is 5.84. The summed E-state index contributed by atoms with van der Waals surface area (Å²) in [7, 11) is -3.77. The molecule has 0 radical (unpaired) electrons. The Morgan fingerprint density at radius 2 is 2.12 bits per heavy atom. The highest BCUT2D eigenvalue weighted by Gasteiger charge is 2.31. The van der Waals surface area contributed by atoms with Crippen LogP contribution in [0.3, 0.4) is 0 Å². The lowest BCUT2D eigenvalue weighted by Crippen LogP contribution is -2.35. The van der Waals surface area contributed by atoms with Gasteiger partial charge in [0.15, 0.2) is 5.03 Å². The molecule has 0 saturated heterocycles. The van der Waals surface area contributed by atoms with Gasteiger partial charge in [0.25, 0.3) is 10.0 Å². The highest BCUT2D eigenvalue weighted by atomic mass is 32.2. The Labute approximate surface area is 147 Å². The molecular formula is C17H21N3O4S. The van der Waals surface area contributed by atoms with Gasteiger partial charge in [-0.05, 0) is 42.5 Å². The minimum Gasteiger partial charge on any atom is -0.478 e. The molecule has 1 aliphatic heterocycles. The summed E-state index contributed by atoms with van der Waals surface area (Å²) in [5.74, 6) is -0.634. The predicted octanol–water partition coefficient (Wildman–Crippen LogP) is 2.38. The normalized spacial score (nSPS) is 14.6. The standard InChI is InChI=1S/C17H21N3O4S/c1-12(2)9-19-10-16(18-11-19)25(23,24)20-7-3-4-13-8-14(17(21)22)5-6-15(13)20/h5-6,8,10-12H,3-4,7,9H2,1-2H3,(H,21,22). The molecule has 1 aromatic carbocycles. The molecule has 0 aliphatic carbocycles. The van der Waals surface area contributed by atoms with Gasteiger partial charge in [-0.1, -0.05) is 13.8 Å². The number of benzene rings is 1. The number of fused-ring (bicyclic) bond motifs is 1. The number of sulfonamides is 1. The highest BCUT2D eigenvalue weighted by molar-refractivity contribution is 7.92. The van der Waals surface area contributed by atoms with Crippen LogP contribution in [0.25, 0.3) is 0 Å². The minimum atomic E-state index is -3.77. The molecule has 1 aromatic heterocycles. The number of imidazole rings is 1. The van der Waals surface area contributed by atoms with Crippen molar-refractivity contribution in [3.63, 3.8) is 0 Å². The van der Waals surface area contributed by atoms with Gasteiger partial charge < -0.3 is 9.67 Å². The molecule has 2 aromatic rings. The molecule has 0 amide bonds. The lowest BCUT2D eigenvalue weighted by atomic mass is 10.0. The van der Waals surface area contributed by atoms with E-state index in [4.69, 9.17) is 5.11 Å². The van der Waals surface area contributed by atoms with E-state index in [9.17, 15) is 13.2 Å². The average molecular weight is 363 g/mol. The van der Waals surface area contributed by atoms with Gasteiger partial charge in [0.2, 0.25) is 0 Å². The molecule has 0 atom stereocenters. The smallest absolute Gasteiger partial charge is 0.335 e. The molecule has 134 valence electrons. The molecule has 3 rings (SSSR count). The fourth-order valence-electron chi connectivity index (χ4n) is 3.05. The number of aromatic carboxylic acids is 1. The van der Waals surface area contributed by atoms with Crippen molar-refractivity contribution in [1.29, 1.82) is 0 Å². The first-order valence-electron chi connectivity index (χ1n) is 8.20. The van der Waals surface area contributed by atoms with Gasteiger partial charge in [0, 0.05) is 19.3 Å². The molecule has 0 bridgehead atoms. The van der Waals surface area contributed by atoms with Crippen LogP contribution in [0.15, 0.2) is 35.7 Å². The molecular weight excluding hydrogens is 342 g/mol. The first-order valence-corrected chi connectivity index (χ1v) is 9.64. The molecule has 0 fully saturated rings. The topological polar surface area (TPSA) is 92.5 Å². The van der Waals surface area contributed by atoms with Crippen LogP contribution in [0.2, 0.25) is 0 Å². The first kappa shape index (κ1) is 17.5. The molecule has 8 heteroatoms. The van der Waals surface area contributed by atoms with Crippen molar-refractivity contribution >= 4 is 21.7 Å². The third-order valence-electron chi connectivity index (χ3n) is 4.14. The number of carboxylic acid groups (broad SMARTS) is 1. The van der Waals surface area contributed by atoms with Crippen LogP contribution in [0.1, 0.15) is 36.2 Å². The number of carbonyl (C=O) groups is 1. The van der Waals surface area contributed by atoms with E-state index in [1.165, 1.54) is 16.7 Å². The van der Waals surface area contributed by atoms with Crippen LogP contribution in [-0.2, 0) is 23.0 Å². The molecule has 25 heavy (non-hydrogen) atoms. The van der Waals surface area contributed by atoms with Crippen molar-refractivity contribution < 1.29 is 18.3 Å². The maximum absolute atomic E-state index is 13.0. The summed E-state index contributed by atoms with van der Waals surface area (Å²) in [4.78, 5) is 15.2. The maximum atomic E-state index is 13.0. The Hall–Kier alpha value is -2.35. The number of anilines is 1. The molecule has 1 aliphatic rings. The number of aryl methyl sites for hydroxylation is 1. The van der Waals surface area contributed by atoms with Crippen molar-refractivity contribution in [2.45, 2.75) is 38.3 Å². The number of carboxylic acids is 1. The lowest BCUT2D eigenvalue weighted by molar-refractivity contribution is 0.0696. The van der Waals surface area contributed by atoms with Crippen LogP contribution in [-0.4, -0.2) is 35.6 Å². The molecule has 1 N–H and O–H groups in total. The van der Waals surface area contributed by atoms with Crippen LogP contribution >= 0.6 is 0 Å². The third kappa shape index (κ3) is 3.39. The fourth-order valence-corrected chi connectivity index (χ4v) is 4.53. The molecule has 2 heterocycles. The Balaban J connectivity index is 1.97. The second-order valence-corrected chi connectivity index (χ2v) is 8.44. The van der Waals surface area contributed by atoms with E-state index in [0.717, 1.165) is 5.56 Å². The summed E-state index contributed by atoms with van der Waals surface area (Å²) in [5, 5.41) is 9.14. The van der Waals surface area contributed by atoms with E-state index < -0.39 is 16.0 Å². The summed E-state index contributed by atoms with van der Waals surface area (Å²) in [6.07, 6.45) is 4.38. The lowest BCUT2D eigenvalue weighted by Gasteiger charge is -2.29. The van der Waals surface area contributed by atoms with Crippen LogP contribution in [0.4, 0.5) is 5.69 Å². The molecule has 0 saturated carbocycles. The number of nitrogens with zero attached hydrogens (tertiary/aromatic N) is 3. The summed E-state index contributed by atoms with van der Waals surface area (Å²) < 4.78 is 29.1. The largest absolute Gasteiger partial charge is 0.478 e. The van der Waals surface area contributed by atoms with Crippen molar-refractivity contribution in [3.8, 4) is 0 Å². The minimum absolute atomic E-state index is 0.0170.